The average Bonchev–Trinajstić information content (AvgIpc) is 4.10. The summed E-state index contributed by atoms with van der Waals surface area (Å²) in [6, 6.07) is 85.7. The normalized spacial score (nSPS) is 15.5. The molecule has 0 radical (unpaired) electrons. The summed E-state index contributed by atoms with van der Waals surface area (Å²) in [5.41, 5.74) is 29.1. The van der Waals surface area contributed by atoms with Crippen LogP contribution in [0.25, 0.3) is 55.6 Å². The third-order valence-electron chi connectivity index (χ3n) is 16.3. The van der Waals surface area contributed by atoms with Gasteiger partial charge < -0.3 is 4.90 Å². The Hall–Kier alpha value is -8.00. The van der Waals surface area contributed by atoms with E-state index in [1.165, 1.54) is 117 Å². The lowest BCUT2D eigenvalue weighted by Gasteiger charge is -2.33. The topological polar surface area (TPSA) is 3.24 Å². The van der Waals surface area contributed by atoms with Gasteiger partial charge in [-0.2, -0.15) is 0 Å². The first-order valence-electron chi connectivity index (χ1n) is 23.4. The van der Waals surface area contributed by atoms with Crippen LogP contribution in [0.4, 0.5) is 17.1 Å². The molecule has 0 bridgehead atoms. The second kappa shape index (κ2) is 12.6. The van der Waals surface area contributed by atoms with Crippen molar-refractivity contribution in [2.45, 2.75) is 30.1 Å². The molecule has 0 fully saturated rings. The van der Waals surface area contributed by atoms with Crippen molar-refractivity contribution in [3.05, 3.63) is 280 Å². The minimum atomic E-state index is -0.464. The van der Waals surface area contributed by atoms with Crippen molar-refractivity contribution in [3.8, 4) is 55.6 Å². The van der Waals surface area contributed by atoms with E-state index in [1.54, 1.807) is 0 Å². The van der Waals surface area contributed by atoms with Crippen LogP contribution in [-0.4, -0.2) is 0 Å². The Morgan fingerprint density at radius 2 is 0.606 bits per heavy atom. The Labute approximate surface area is 386 Å². The average molecular weight is 838 g/mol. The molecule has 0 atom stereocenters. The van der Waals surface area contributed by atoms with E-state index in [1.807, 2.05) is 0 Å². The van der Waals surface area contributed by atoms with Crippen LogP contribution in [0, 0.1) is 0 Å². The molecule has 1 nitrogen and oxygen atoms in total. The highest BCUT2D eigenvalue weighted by molar-refractivity contribution is 6.03. The molecule has 0 saturated heterocycles. The lowest BCUT2D eigenvalue weighted by atomic mass is 9.70. The minimum absolute atomic E-state index is 0.104. The van der Waals surface area contributed by atoms with Crippen LogP contribution in [-0.2, 0) is 16.2 Å². The number of anilines is 3. The molecule has 0 aliphatic heterocycles. The summed E-state index contributed by atoms with van der Waals surface area (Å²) in [6.07, 6.45) is 0. The van der Waals surface area contributed by atoms with E-state index < -0.39 is 10.8 Å². The fraction of sp³-hybridized carbons (Fsp3) is 0.0769. The van der Waals surface area contributed by atoms with Crippen molar-refractivity contribution in [2.75, 3.05) is 4.90 Å². The van der Waals surface area contributed by atoms with E-state index in [0.717, 1.165) is 11.4 Å². The molecule has 5 aliphatic carbocycles. The molecule has 308 valence electrons. The maximum atomic E-state index is 2.60. The van der Waals surface area contributed by atoms with Crippen LogP contribution in [0.15, 0.2) is 224 Å². The summed E-state index contributed by atoms with van der Waals surface area (Å²) < 4.78 is 0. The molecular formula is C65H43N. The highest BCUT2D eigenvalue weighted by atomic mass is 15.1. The molecule has 10 aromatic rings. The Morgan fingerprint density at radius 1 is 0.258 bits per heavy atom. The third kappa shape index (κ3) is 4.19. The zero-order valence-electron chi connectivity index (χ0n) is 36.8. The van der Waals surface area contributed by atoms with Gasteiger partial charge in [-0.15, -0.1) is 0 Å². The van der Waals surface area contributed by atoms with Gasteiger partial charge in [0.05, 0.1) is 16.5 Å². The molecular weight excluding hydrogens is 795 g/mol. The Balaban J connectivity index is 1.04. The fourth-order valence-corrected chi connectivity index (χ4v) is 13.8. The first-order chi connectivity index (χ1) is 32.5. The van der Waals surface area contributed by atoms with Crippen LogP contribution in [0.5, 0.6) is 0 Å². The zero-order chi connectivity index (χ0) is 43.5. The summed E-state index contributed by atoms with van der Waals surface area (Å²) in [7, 11) is 0. The van der Waals surface area contributed by atoms with Gasteiger partial charge in [0.25, 0.3) is 0 Å². The van der Waals surface area contributed by atoms with Gasteiger partial charge in [-0.05, 0) is 136 Å². The summed E-state index contributed by atoms with van der Waals surface area (Å²) in [5, 5.41) is 0. The molecule has 2 spiro atoms. The molecule has 15 rings (SSSR count). The predicted octanol–water partition coefficient (Wildman–Crippen LogP) is 16.1. The molecule has 0 N–H and O–H groups in total. The Morgan fingerprint density at radius 3 is 1.12 bits per heavy atom. The van der Waals surface area contributed by atoms with Gasteiger partial charge in [0.2, 0.25) is 0 Å². The predicted molar refractivity (Wildman–Crippen MR) is 271 cm³/mol. The van der Waals surface area contributed by atoms with Gasteiger partial charge in [-0.25, -0.2) is 0 Å². The number of nitrogens with zero attached hydrogens (tertiary/aromatic N) is 1. The van der Waals surface area contributed by atoms with E-state index in [-0.39, 0.29) is 5.41 Å². The van der Waals surface area contributed by atoms with Gasteiger partial charge in [-0.1, -0.05) is 208 Å². The second-order valence-corrected chi connectivity index (χ2v) is 19.4. The van der Waals surface area contributed by atoms with E-state index >= 15 is 0 Å². The van der Waals surface area contributed by atoms with E-state index in [0.29, 0.717) is 0 Å². The second-order valence-electron chi connectivity index (χ2n) is 19.4. The Bertz CT molecular complexity index is 3660. The van der Waals surface area contributed by atoms with Crippen molar-refractivity contribution >= 4 is 17.1 Å². The molecule has 0 amide bonds. The number of benzene rings is 10. The molecule has 5 aliphatic rings. The first kappa shape index (κ1) is 36.4. The fourth-order valence-electron chi connectivity index (χ4n) is 13.8. The smallest absolute Gasteiger partial charge is 0.0726 e. The largest absolute Gasteiger partial charge is 0.310 e. The molecule has 0 heterocycles. The summed E-state index contributed by atoms with van der Waals surface area (Å²) in [4.78, 5) is 2.60. The zero-order valence-corrected chi connectivity index (χ0v) is 36.8. The van der Waals surface area contributed by atoms with Crippen molar-refractivity contribution in [1.82, 2.24) is 0 Å². The summed E-state index contributed by atoms with van der Waals surface area (Å²) in [5.74, 6) is 0. The standard InChI is InChI=1S/C65H43N/c1-63(2)51-25-10-3-23-47(51)50-38-40(35-37-52(50)63)66(41-34-36-48-46-22-8-15-30-57(46)65(60(48)39-41)55-28-13-6-20-44(55)45-21-7-14-29-56(45)65)61-33-17-32-59-62(61)49-24-9-16-31-58(49)64(59)53-26-11-4-18-42(53)43-19-5-12-27-54(43)64/h3-39H,1-2H3. The molecule has 0 unspecified atom stereocenters. The molecule has 1 heteroatoms. The van der Waals surface area contributed by atoms with Crippen LogP contribution in [0.3, 0.4) is 0 Å². The van der Waals surface area contributed by atoms with E-state index in [9.17, 15) is 0 Å². The number of fused-ring (bicyclic) bond motifs is 23. The number of hydrogen-bond acceptors (Lipinski definition) is 1. The maximum absolute atomic E-state index is 2.60. The summed E-state index contributed by atoms with van der Waals surface area (Å²) >= 11 is 0. The molecule has 66 heavy (non-hydrogen) atoms. The third-order valence-corrected chi connectivity index (χ3v) is 16.3. The van der Waals surface area contributed by atoms with Crippen molar-refractivity contribution in [1.29, 1.82) is 0 Å². The van der Waals surface area contributed by atoms with Gasteiger partial charge in [0, 0.05) is 22.4 Å². The lowest BCUT2D eigenvalue weighted by molar-refractivity contribution is 0.660. The number of hydrogen-bond donors (Lipinski definition) is 0. The monoisotopic (exact) mass is 837 g/mol. The van der Waals surface area contributed by atoms with Crippen molar-refractivity contribution < 1.29 is 0 Å². The number of rotatable bonds is 3. The molecule has 10 aromatic carbocycles. The lowest BCUT2D eigenvalue weighted by Crippen LogP contribution is -2.26. The molecule has 0 saturated carbocycles. The van der Waals surface area contributed by atoms with Crippen LogP contribution in [0.2, 0.25) is 0 Å². The first-order valence-corrected chi connectivity index (χ1v) is 23.4. The SMILES string of the molecule is CC1(C)c2ccccc2-c2cc(N(c3ccc4c(c3)C3(c5ccccc5-c5ccccc53)c3ccccc3-4)c3cccc4c3-c3ccccc3C43c4ccccc4-c4ccccc43)ccc21. The van der Waals surface area contributed by atoms with Crippen molar-refractivity contribution in [2.24, 2.45) is 0 Å². The highest BCUT2D eigenvalue weighted by Gasteiger charge is 2.54. The van der Waals surface area contributed by atoms with Crippen LogP contribution < -0.4 is 4.90 Å². The van der Waals surface area contributed by atoms with Gasteiger partial charge in [0.1, 0.15) is 0 Å². The van der Waals surface area contributed by atoms with E-state index in [4.69, 9.17) is 0 Å². The van der Waals surface area contributed by atoms with Gasteiger partial charge >= 0.3 is 0 Å². The molecule has 0 aromatic heterocycles. The van der Waals surface area contributed by atoms with Gasteiger partial charge in [-0.3, -0.25) is 0 Å². The minimum Gasteiger partial charge on any atom is -0.310 e. The quantitative estimate of drug-likeness (QED) is 0.171. The summed E-state index contributed by atoms with van der Waals surface area (Å²) in [6.45, 7) is 4.75. The maximum Gasteiger partial charge on any atom is 0.0726 e. The van der Waals surface area contributed by atoms with Crippen LogP contribution >= 0.6 is 0 Å². The van der Waals surface area contributed by atoms with E-state index in [2.05, 4.69) is 243 Å². The highest BCUT2D eigenvalue weighted by Crippen LogP contribution is 2.66. The van der Waals surface area contributed by atoms with Gasteiger partial charge in [0.15, 0.2) is 0 Å². The van der Waals surface area contributed by atoms with Crippen molar-refractivity contribution in [3.63, 3.8) is 0 Å². The van der Waals surface area contributed by atoms with Crippen LogP contribution in [0.1, 0.15) is 69.5 Å². The Kier molecular flexibility index (Phi) is 6.95.